The number of halogens is 3. The van der Waals surface area contributed by atoms with Gasteiger partial charge in [0.2, 0.25) is 11.8 Å². The molecule has 1 heterocycles. The fourth-order valence-electron chi connectivity index (χ4n) is 0.995. The fraction of sp³-hybridized carbons (Fsp3) is 0.625. The highest BCUT2D eigenvalue weighted by Gasteiger charge is 2.26. The Morgan fingerprint density at radius 3 is 2.82 bits per heavy atom. The summed E-state index contributed by atoms with van der Waals surface area (Å²) < 4.78 is 39.8. The van der Waals surface area contributed by atoms with Crippen molar-refractivity contribution >= 4 is 5.91 Å². The first-order valence-corrected chi connectivity index (χ1v) is 4.77. The molecule has 2 N–H and O–H groups in total. The lowest BCUT2D eigenvalue weighted by atomic mass is 10.4. The van der Waals surface area contributed by atoms with E-state index in [1.54, 1.807) is 0 Å². The lowest BCUT2D eigenvalue weighted by Gasteiger charge is -2.08. The first kappa shape index (κ1) is 13.4. The van der Waals surface area contributed by atoms with Crippen LogP contribution in [0.5, 0.6) is 0 Å². The minimum atomic E-state index is -4.32. The SMILES string of the molecule is O=C(CNCC(F)(F)F)NCCc1ncno1. The fourth-order valence-corrected chi connectivity index (χ4v) is 0.995. The summed E-state index contributed by atoms with van der Waals surface area (Å²) in [4.78, 5) is 14.8. The zero-order valence-electron chi connectivity index (χ0n) is 8.75. The second-order valence-electron chi connectivity index (χ2n) is 3.15. The maximum Gasteiger partial charge on any atom is 0.401 e. The van der Waals surface area contributed by atoms with E-state index in [2.05, 4.69) is 20.0 Å². The van der Waals surface area contributed by atoms with Gasteiger partial charge in [-0.1, -0.05) is 5.16 Å². The zero-order valence-corrected chi connectivity index (χ0v) is 8.75. The van der Waals surface area contributed by atoms with Crippen LogP contribution < -0.4 is 10.6 Å². The molecule has 1 aromatic heterocycles. The normalized spacial score (nSPS) is 11.5. The molecular weight excluding hydrogens is 241 g/mol. The van der Waals surface area contributed by atoms with Gasteiger partial charge in [-0.2, -0.15) is 18.2 Å². The smallest absolute Gasteiger partial charge is 0.354 e. The Labute approximate surface area is 94.6 Å². The average Bonchev–Trinajstić information content (AvgIpc) is 2.68. The number of nitrogens with one attached hydrogen (secondary N) is 2. The largest absolute Gasteiger partial charge is 0.401 e. The van der Waals surface area contributed by atoms with Crippen LogP contribution in [-0.2, 0) is 11.2 Å². The third-order valence-electron chi connectivity index (χ3n) is 1.68. The minimum absolute atomic E-state index is 0.231. The number of hydrogen-bond acceptors (Lipinski definition) is 5. The number of carbonyl (C=O) groups is 1. The van der Waals surface area contributed by atoms with Crippen molar-refractivity contribution < 1.29 is 22.5 Å². The Morgan fingerprint density at radius 2 is 2.24 bits per heavy atom. The molecule has 17 heavy (non-hydrogen) atoms. The van der Waals surface area contributed by atoms with Gasteiger partial charge in [0.1, 0.15) is 0 Å². The summed E-state index contributed by atoms with van der Waals surface area (Å²) in [6, 6.07) is 0. The molecule has 0 aliphatic rings. The highest BCUT2D eigenvalue weighted by atomic mass is 19.4. The summed E-state index contributed by atoms with van der Waals surface area (Å²) in [5.41, 5.74) is 0. The van der Waals surface area contributed by atoms with Crippen molar-refractivity contribution in [2.24, 2.45) is 0 Å². The molecule has 1 aromatic rings. The van der Waals surface area contributed by atoms with Crippen LogP contribution in [0.2, 0.25) is 0 Å². The van der Waals surface area contributed by atoms with Crippen LogP contribution >= 0.6 is 0 Å². The van der Waals surface area contributed by atoms with E-state index in [0.29, 0.717) is 12.3 Å². The van der Waals surface area contributed by atoms with Gasteiger partial charge in [0.05, 0.1) is 13.1 Å². The third-order valence-corrected chi connectivity index (χ3v) is 1.68. The molecule has 0 saturated carbocycles. The van der Waals surface area contributed by atoms with Gasteiger partial charge in [0.25, 0.3) is 0 Å². The molecule has 0 aliphatic carbocycles. The summed E-state index contributed by atoms with van der Waals surface area (Å²) >= 11 is 0. The second-order valence-corrected chi connectivity index (χ2v) is 3.15. The molecule has 1 rings (SSSR count). The van der Waals surface area contributed by atoms with Gasteiger partial charge in [-0.3, -0.25) is 4.79 Å². The highest BCUT2D eigenvalue weighted by Crippen LogP contribution is 2.11. The van der Waals surface area contributed by atoms with Gasteiger partial charge < -0.3 is 15.2 Å². The lowest BCUT2D eigenvalue weighted by molar-refractivity contribution is -0.128. The van der Waals surface area contributed by atoms with E-state index < -0.39 is 18.6 Å². The molecule has 6 nitrogen and oxygen atoms in total. The molecule has 0 bridgehead atoms. The number of rotatable bonds is 6. The zero-order chi connectivity index (χ0) is 12.7. The van der Waals surface area contributed by atoms with E-state index in [0.717, 1.165) is 0 Å². The maximum absolute atomic E-state index is 11.7. The lowest BCUT2D eigenvalue weighted by Crippen LogP contribution is -2.38. The Balaban J connectivity index is 2.05. The molecule has 9 heteroatoms. The van der Waals surface area contributed by atoms with Crippen LogP contribution in [-0.4, -0.2) is 41.9 Å². The van der Waals surface area contributed by atoms with Crippen molar-refractivity contribution in [1.82, 2.24) is 20.8 Å². The Morgan fingerprint density at radius 1 is 1.47 bits per heavy atom. The molecule has 0 spiro atoms. The van der Waals surface area contributed by atoms with Gasteiger partial charge in [-0.05, 0) is 0 Å². The molecule has 0 aliphatic heterocycles. The van der Waals surface area contributed by atoms with E-state index in [-0.39, 0.29) is 13.1 Å². The van der Waals surface area contributed by atoms with Crippen LogP contribution in [0.3, 0.4) is 0 Å². The Kier molecular flexibility index (Phi) is 4.88. The molecule has 0 saturated heterocycles. The van der Waals surface area contributed by atoms with Crippen molar-refractivity contribution in [2.75, 3.05) is 19.6 Å². The summed E-state index contributed by atoms with van der Waals surface area (Å²) in [6.45, 7) is -1.35. The molecule has 0 unspecified atom stereocenters. The first-order chi connectivity index (χ1) is 7.97. The quantitative estimate of drug-likeness (QED) is 0.737. The van der Waals surface area contributed by atoms with Gasteiger partial charge in [-0.15, -0.1) is 0 Å². The molecule has 0 atom stereocenters. The van der Waals surface area contributed by atoms with Crippen LogP contribution in [0.25, 0.3) is 0 Å². The predicted octanol–water partition coefficient (Wildman–Crippen LogP) is -0.120. The topological polar surface area (TPSA) is 80.0 Å². The van der Waals surface area contributed by atoms with Crippen molar-refractivity contribution in [3.8, 4) is 0 Å². The van der Waals surface area contributed by atoms with E-state index >= 15 is 0 Å². The van der Waals surface area contributed by atoms with E-state index in [4.69, 9.17) is 0 Å². The molecular formula is C8H11F3N4O2. The summed E-state index contributed by atoms with van der Waals surface area (Å²) in [6.07, 6.45) is -2.75. The van der Waals surface area contributed by atoms with Crippen LogP contribution in [0, 0.1) is 0 Å². The van der Waals surface area contributed by atoms with Gasteiger partial charge in [0, 0.05) is 13.0 Å². The number of amides is 1. The Bertz CT molecular complexity index is 339. The molecule has 0 radical (unpaired) electrons. The predicted molar refractivity (Wildman–Crippen MR) is 49.9 cm³/mol. The van der Waals surface area contributed by atoms with Crippen LogP contribution in [0.15, 0.2) is 10.9 Å². The van der Waals surface area contributed by atoms with Crippen molar-refractivity contribution in [3.63, 3.8) is 0 Å². The van der Waals surface area contributed by atoms with Crippen LogP contribution in [0.4, 0.5) is 13.2 Å². The van der Waals surface area contributed by atoms with E-state index in [1.807, 2.05) is 5.32 Å². The number of hydrogen-bond donors (Lipinski definition) is 2. The highest BCUT2D eigenvalue weighted by molar-refractivity contribution is 5.77. The first-order valence-electron chi connectivity index (χ1n) is 4.77. The number of aromatic nitrogens is 2. The number of nitrogens with zero attached hydrogens (tertiary/aromatic N) is 2. The number of alkyl halides is 3. The van der Waals surface area contributed by atoms with Crippen molar-refractivity contribution in [1.29, 1.82) is 0 Å². The van der Waals surface area contributed by atoms with Crippen molar-refractivity contribution in [3.05, 3.63) is 12.2 Å². The Hall–Kier alpha value is -1.64. The maximum atomic E-state index is 11.7. The van der Waals surface area contributed by atoms with Gasteiger partial charge in [-0.25, -0.2) is 0 Å². The monoisotopic (exact) mass is 252 g/mol. The van der Waals surface area contributed by atoms with Crippen LogP contribution in [0.1, 0.15) is 5.89 Å². The summed E-state index contributed by atoms with van der Waals surface area (Å²) in [5, 5.41) is 7.75. The standard InChI is InChI=1S/C8H11F3N4O2/c9-8(10,11)4-12-3-6(16)13-2-1-7-14-5-15-17-7/h5,12H,1-4H2,(H,13,16). The van der Waals surface area contributed by atoms with Crippen molar-refractivity contribution in [2.45, 2.75) is 12.6 Å². The number of carbonyl (C=O) groups excluding carboxylic acids is 1. The summed E-state index contributed by atoms with van der Waals surface area (Å²) in [7, 11) is 0. The molecule has 0 aromatic carbocycles. The van der Waals surface area contributed by atoms with Gasteiger partial charge in [0.15, 0.2) is 6.33 Å². The molecule has 0 fully saturated rings. The average molecular weight is 252 g/mol. The van der Waals surface area contributed by atoms with Gasteiger partial charge >= 0.3 is 6.18 Å². The van der Waals surface area contributed by atoms with E-state index in [1.165, 1.54) is 6.33 Å². The molecule has 96 valence electrons. The molecule has 1 amide bonds. The third kappa shape index (κ3) is 6.51. The second kappa shape index (κ2) is 6.18. The van der Waals surface area contributed by atoms with E-state index in [9.17, 15) is 18.0 Å². The summed E-state index contributed by atoms with van der Waals surface area (Å²) in [5.74, 6) is -0.165. The minimum Gasteiger partial charge on any atom is -0.354 e.